The van der Waals surface area contributed by atoms with Crippen LogP contribution >= 0.6 is 0 Å². The Hall–Kier alpha value is -5.18. The fourth-order valence-electron chi connectivity index (χ4n) is 4.55. The molecule has 1 saturated heterocycles. The van der Waals surface area contributed by atoms with Gasteiger partial charge in [0.15, 0.2) is 0 Å². The largest absolute Gasteiger partial charge is 0.337 e. The van der Waals surface area contributed by atoms with E-state index in [-0.39, 0.29) is 18.1 Å². The number of hydrogen-bond donors (Lipinski definition) is 3. The van der Waals surface area contributed by atoms with Gasteiger partial charge in [-0.3, -0.25) is 14.4 Å². The molecule has 0 atom stereocenters. The third-order valence-electron chi connectivity index (χ3n) is 6.43. The maximum Gasteiger partial charge on any atom is 0.329 e. The van der Waals surface area contributed by atoms with Gasteiger partial charge in [-0.2, -0.15) is 0 Å². The summed E-state index contributed by atoms with van der Waals surface area (Å²) < 4.78 is 1.79. The second kappa shape index (κ2) is 11.1. The first-order valence-corrected chi connectivity index (χ1v) is 12.6. The molecule has 1 aliphatic heterocycles. The van der Waals surface area contributed by atoms with E-state index in [0.717, 1.165) is 27.8 Å². The van der Waals surface area contributed by atoms with E-state index in [4.69, 9.17) is 0 Å². The van der Waals surface area contributed by atoms with Crippen molar-refractivity contribution in [2.75, 3.05) is 17.2 Å². The molecular formula is C30H27N5O4. The lowest BCUT2D eigenvalue weighted by Crippen LogP contribution is -2.38. The standard InChI is InChI=1S/C30H27N5O4/c1-2-20-10-6-8-14-24(20)32-28(37)19-35-29(38)25(33-30(35)39)16-21-17-34(26-15-9-7-13-23(21)26)18-27(36)31-22-11-4-3-5-12-22/h3-17H,2,18-19H2,1H3,(H,31,36)(H,32,37)(H,33,39)/b25-16+. The lowest BCUT2D eigenvalue weighted by molar-refractivity contribution is -0.127. The molecule has 4 aromatic rings. The Morgan fingerprint density at radius 3 is 2.33 bits per heavy atom. The minimum atomic E-state index is -0.670. The molecule has 1 aliphatic rings. The predicted molar refractivity (Wildman–Crippen MR) is 150 cm³/mol. The summed E-state index contributed by atoms with van der Waals surface area (Å²) in [4.78, 5) is 51.9. The number of benzene rings is 3. The number of hydrogen-bond acceptors (Lipinski definition) is 4. The molecule has 5 amide bonds. The number of aryl methyl sites for hydroxylation is 1. The van der Waals surface area contributed by atoms with E-state index in [1.807, 2.05) is 79.7 Å². The van der Waals surface area contributed by atoms with Crippen LogP contribution in [0.5, 0.6) is 0 Å². The van der Waals surface area contributed by atoms with E-state index in [1.54, 1.807) is 22.9 Å². The molecule has 9 heteroatoms. The zero-order valence-corrected chi connectivity index (χ0v) is 21.3. The van der Waals surface area contributed by atoms with Gasteiger partial charge in [-0.25, -0.2) is 9.69 Å². The topological polar surface area (TPSA) is 113 Å². The molecule has 0 spiro atoms. The van der Waals surface area contributed by atoms with Crippen LogP contribution in [0.2, 0.25) is 0 Å². The van der Waals surface area contributed by atoms with Crippen molar-refractivity contribution < 1.29 is 19.2 Å². The summed E-state index contributed by atoms with van der Waals surface area (Å²) in [6.45, 7) is 1.62. The van der Waals surface area contributed by atoms with Gasteiger partial charge in [-0.1, -0.05) is 61.5 Å². The third-order valence-corrected chi connectivity index (χ3v) is 6.43. The molecule has 5 rings (SSSR count). The summed E-state index contributed by atoms with van der Waals surface area (Å²) in [5, 5.41) is 9.03. The van der Waals surface area contributed by atoms with Crippen molar-refractivity contribution >= 4 is 52.1 Å². The van der Waals surface area contributed by atoms with Gasteiger partial charge in [-0.05, 0) is 42.3 Å². The van der Waals surface area contributed by atoms with Crippen molar-refractivity contribution in [3.05, 3.63) is 102 Å². The zero-order valence-electron chi connectivity index (χ0n) is 21.3. The number of amides is 5. The van der Waals surface area contributed by atoms with E-state index in [2.05, 4.69) is 16.0 Å². The number of carbonyl (C=O) groups is 4. The predicted octanol–water partition coefficient (Wildman–Crippen LogP) is 4.37. The maximum absolute atomic E-state index is 13.1. The minimum absolute atomic E-state index is 0.0541. The van der Waals surface area contributed by atoms with Crippen LogP contribution in [0, 0.1) is 0 Å². The summed E-state index contributed by atoms with van der Waals surface area (Å²) >= 11 is 0. The quantitative estimate of drug-likeness (QED) is 0.236. The average Bonchev–Trinajstić information content (AvgIpc) is 3.41. The smallest absolute Gasteiger partial charge is 0.329 e. The van der Waals surface area contributed by atoms with E-state index in [1.165, 1.54) is 0 Å². The Bertz CT molecular complexity index is 1610. The molecule has 1 aromatic heterocycles. The first kappa shape index (κ1) is 25.5. The number of carbonyl (C=O) groups excluding carboxylic acids is 4. The summed E-state index contributed by atoms with van der Waals surface area (Å²) in [6, 6.07) is 23.4. The van der Waals surface area contributed by atoms with Crippen molar-refractivity contribution in [2.24, 2.45) is 0 Å². The van der Waals surface area contributed by atoms with E-state index >= 15 is 0 Å². The minimum Gasteiger partial charge on any atom is -0.337 e. The van der Waals surface area contributed by atoms with Crippen molar-refractivity contribution in [1.29, 1.82) is 0 Å². The molecule has 39 heavy (non-hydrogen) atoms. The molecule has 0 aliphatic carbocycles. The van der Waals surface area contributed by atoms with Crippen LogP contribution in [0.1, 0.15) is 18.1 Å². The number of aromatic nitrogens is 1. The second-order valence-corrected chi connectivity index (χ2v) is 9.08. The number of fused-ring (bicyclic) bond motifs is 1. The van der Waals surface area contributed by atoms with Crippen molar-refractivity contribution in [2.45, 2.75) is 19.9 Å². The number of para-hydroxylation sites is 3. The van der Waals surface area contributed by atoms with Gasteiger partial charge in [0.2, 0.25) is 11.8 Å². The highest BCUT2D eigenvalue weighted by Gasteiger charge is 2.35. The summed E-state index contributed by atoms with van der Waals surface area (Å²) in [5.74, 6) is -1.27. The van der Waals surface area contributed by atoms with Crippen LogP contribution in [-0.2, 0) is 27.3 Å². The summed E-state index contributed by atoms with van der Waals surface area (Å²) in [7, 11) is 0. The summed E-state index contributed by atoms with van der Waals surface area (Å²) in [5.41, 5.74) is 3.82. The van der Waals surface area contributed by atoms with Crippen LogP contribution in [-0.4, -0.2) is 39.8 Å². The van der Waals surface area contributed by atoms with Crippen LogP contribution in [0.4, 0.5) is 16.2 Å². The number of imide groups is 1. The molecule has 196 valence electrons. The maximum atomic E-state index is 13.1. The highest BCUT2D eigenvalue weighted by Crippen LogP contribution is 2.25. The highest BCUT2D eigenvalue weighted by atomic mass is 16.2. The Kier molecular flexibility index (Phi) is 7.22. The van der Waals surface area contributed by atoms with E-state index in [9.17, 15) is 19.2 Å². The molecule has 0 unspecified atom stereocenters. The SMILES string of the molecule is CCc1ccccc1NC(=O)CN1C(=O)N/C(=C/c2cn(CC(=O)Nc3ccccc3)c3ccccc23)C1=O. The lowest BCUT2D eigenvalue weighted by Gasteiger charge is -2.13. The summed E-state index contributed by atoms with van der Waals surface area (Å²) in [6.07, 6.45) is 4.06. The second-order valence-electron chi connectivity index (χ2n) is 9.08. The Labute approximate surface area is 225 Å². The molecule has 3 aromatic carbocycles. The molecule has 9 nitrogen and oxygen atoms in total. The number of urea groups is 1. The van der Waals surface area contributed by atoms with Gasteiger partial charge in [-0.15, -0.1) is 0 Å². The zero-order chi connectivity index (χ0) is 27.4. The lowest BCUT2D eigenvalue weighted by atomic mass is 10.1. The number of nitrogens with zero attached hydrogens (tertiary/aromatic N) is 2. The molecule has 0 radical (unpaired) electrons. The third kappa shape index (κ3) is 5.57. The molecule has 3 N–H and O–H groups in total. The number of rotatable bonds is 8. The van der Waals surface area contributed by atoms with Crippen molar-refractivity contribution in [1.82, 2.24) is 14.8 Å². The van der Waals surface area contributed by atoms with Gasteiger partial charge in [0.25, 0.3) is 5.91 Å². The highest BCUT2D eigenvalue weighted by molar-refractivity contribution is 6.16. The first-order chi connectivity index (χ1) is 18.9. The van der Waals surface area contributed by atoms with Gasteiger partial charge >= 0.3 is 6.03 Å². The van der Waals surface area contributed by atoms with Crippen molar-refractivity contribution in [3.8, 4) is 0 Å². The van der Waals surface area contributed by atoms with E-state index in [0.29, 0.717) is 16.9 Å². The average molecular weight is 522 g/mol. The van der Waals surface area contributed by atoms with Gasteiger partial charge < -0.3 is 20.5 Å². The van der Waals surface area contributed by atoms with Gasteiger partial charge in [0.05, 0.1) is 0 Å². The van der Waals surface area contributed by atoms with Crippen LogP contribution in [0.15, 0.2) is 90.8 Å². The number of nitrogens with one attached hydrogen (secondary N) is 3. The molecule has 2 heterocycles. The fraction of sp³-hybridized carbons (Fsp3) is 0.133. The van der Waals surface area contributed by atoms with Crippen molar-refractivity contribution in [3.63, 3.8) is 0 Å². The van der Waals surface area contributed by atoms with Gasteiger partial charge in [0.1, 0.15) is 18.8 Å². The van der Waals surface area contributed by atoms with Crippen LogP contribution in [0.3, 0.4) is 0 Å². The Morgan fingerprint density at radius 2 is 1.54 bits per heavy atom. The molecular weight excluding hydrogens is 494 g/mol. The van der Waals surface area contributed by atoms with Crippen LogP contribution in [0.25, 0.3) is 17.0 Å². The monoisotopic (exact) mass is 521 g/mol. The Balaban J connectivity index is 1.33. The molecule has 0 bridgehead atoms. The normalized spacial score (nSPS) is 14.1. The van der Waals surface area contributed by atoms with Crippen LogP contribution < -0.4 is 16.0 Å². The van der Waals surface area contributed by atoms with E-state index < -0.39 is 24.4 Å². The molecule has 1 fully saturated rings. The molecule has 0 saturated carbocycles. The fourth-order valence-corrected chi connectivity index (χ4v) is 4.55. The number of anilines is 2. The Morgan fingerprint density at radius 1 is 0.846 bits per heavy atom. The first-order valence-electron chi connectivity index (χ1n) is 12.6. The van der Waals surface area contributed by atoms with Gasteiger partial charge in [0, 0.05) is 34.0 Å².